The molecular weight excluding hydrogens is 370 g/mol. The number of anilines is 1. The highest BCUT2D eigenvalue weighted by Crippen LogP contribution is 2.50. The number of hydrazine groups is 2. The summed E-state index contributed by atoms with van der Waals surface area (Å²) in [5.41, 5.74) is 6.11. The monoisotopic (exact) mass is 386 g/mol. The van der Waals surface area contributed by atoms with Crippen molar-refractivity contribution in [1.29, 1.82) is 0 Å². The number of hydrogen-bond acceptors (Lipinski definition) is 6. The molecule has 1 unspecified atom stereocenters. The summed E-state index contributed by atoms with van der Waals surface area (Å²) in [6.07, 6.45) is 6.09. The van der Waals surface area contributed by atoms with Gasteiger partial charge in [-0.25, -0.2) is 13.8 Å². The first-order chi connectivity index (χ1) is 12.0. The Labute approximate surface area is 152 Å². The molecule has 2 N–H and O–H groups in total. The number of nitrogens with zero attached hydrogens (tertiary/aromatic N) is 2. The van der Waals surface area contributed by atoms with Gasteiger partial charge in [-0.05, 0) is 43.9 Å². The molecule has 1 saturated heterocycles. The van der Waals surface area contributed by atoms with Gasteiger partial charge in [0.1, 0.15) is 16.4 Å². The van der Waals surface area contributed by atoms with Crippen molar-refractivity contribution in [2.24, 2.45) is 11.8 Å². The Bertz CT molecular complexity index is 841. The molecule has 9 heteroatoms. The Morgan fingerprint density at radius 3 is 2.88 bits per heavy atom. The molecule has 4 aliphatic rings. The van der Waals surface area contributed by atoms with Crippen LogP contribution in [0.1, 0.15) is 32.1 Å². The molecular formula is C16H17ClF2N4OS. The molecule has 6 rings (SSSR count). The van der Waals surface area contributed by atoms with Gasteiger partial charge in [-0.1, -0.05) is 22.9 Å². The highest BCUT2D eigenvalue weighted by Gasteiger charge is 2.53. The van der Waals surface area contributed by atoms with E-state index in [2.05, 4.69) is 16.0 Å². The minimum atomic E-state index is -0.802. The number of benzene rings is 1. The molecule has 25 heavy (non-hydrogen) atoms. The number of hydrogen-bond donors (Lipinski definition) is 2. The van der Waals surface area contributed by atoms with E-state index in [1.807, 2.05) is 0 Å². The fourth-order valence-electron chi connectivity index (χ4n) is 4.55. The van der Waals surface area contributed by atoms with Crippen LogP contribution >= 0.6 is 22.9 Å². The zero-order valence-electron chi connectivity index (χ0n) is 13.3. The third-order valence-corrected chi connectivity index (χ3v) is 7.07. The van der Waals surface area contributed by atoms with Crippen LogP contribution in [0.5, 0.6) is 0 Å². The molecule has 2 bridgehead atoms. The number of nitrogens with one attached hydrogen (secondary N) is 2. The largest absolute Gasteiger partial charge is 0.279 e. The third-order valence-electron chi connectivity index (χ3n) is 5.76. The van der Waals surface area contributed by atoms with Gasteiger partial charge in [0, 0.05) is 6.07 Å². The molecule has 134 valence electrons. The molecule has 1 aliphatic heterocycles. The Kier molecular flexibility index (Phi) is 3.69. The van der Waals surface area contributed by atoms with Crippen molar-refractivity contribution < 1.29 is 13.6 Å². The highest BCUT2D eigenvalue weighted by molar-refractivity contribution is 7.22. The lowest BCUT2D eigenvalue weighted by Gasteiger charge is -2.47. The van der Waals surface area contributed by atoms with Crippen molar-refractivity contribution >= 4 is 38.3 Å². The summed E-state index contributed by atoms with van der Waals surface area (Å²) in [6.45, 7) is 0.696. The van der Waals surface area contributed by atoms with Crippen LogP contribution in [0.3, 0.4) is 0 Å². The average molecular weight is 387 g/mol. The molecule has 0 radical (unpaired) electrons. The van der Waals surface area contributed by atoms with E-state index >= 15 is 0 Å². The summed E-state index contributed by atoms with van der Waals surface area (Å²) >= 11 is 6.73. The van der Waals surface area contributed by atoms with Crippen LogP contribution in [0.25, 0.3) is 10.2 Å². The molecule has 0 amide bonds. The molecule has 1 atom stereocenters. The van der Waals surface area contributed by atoms with Gasteiger partial charge in [0.25, 0.3) is 0 Å². The van der Waals surface area contributed by atoms with Gasteiger partial charge >= 0.3 is 0 Å². The Morgan fingerprint density at radius 1 is 1.36 bits per heavy atom. The maximum absolute atomic E-state index is 14.1. The number of rotatable bonds is 2. The number of fused-ring (bicyclic) bond motifs is 3. The predicted molar refractivity (Wildman–Crippen MR) is 91.9 cm³/mol. The van der Waals surface area contributed by atoms with Crippen LogP contribution in [0.4, 0.5) is 13.9 Å². The lowest BCUT2D eigenvalue weighted by molar-refractivity contribution is -0.146. The van der Waals surface area contributed by atoms with Crippen molar-refractivity contribution in [3.63, 3.8) is 0 Å². The Balaban J connectivity index is 1.36. The van der Waals surface area contributed by atoms with Gasteiger partial charge in [0.2, 0.25) is 0 Å². The van der Waals surface area contributed by atoms with Crippen LogP contribution < -0.4 is 11.0 Å². The normalized spacial score (nSPS) is 32.1. The first kappa shape index (κ1) is 16.1. The zero-order chi connectivity index (χ0) is 17.2. The van der Waals surface area contributed by atoms with Crippen molar-refractivity contribution in [2.75, 3.05) is 12.0 Å². The van der Waals surface area contributed by atoms with E-state index < -0.39 is 16.7 Å². The zero-order valence-corrected chi connectivity index (χ0v) is 14.9. The van der Waals surface area contributed by atoms with Crippen molar-refractivity contribution in [3.8, 4) is 0 Å². The maximum atomic E-state index is 14.1. The van der Waals surface area contributed by atoms with Crippen LogP contribution in [0.2, 0.25) is 5.02 Å². The van der Waals surface area contributed by atoms with E-state index in [9.17, 15) is 8.78 Å². The van der Waals surface area contributed by atoms with Crippen LogP contribution in [-0.4, -0.2) is 22.2 Å². The fourth-order valence-corrected chi connectivity index (χ4v) is 5.64. The van der Waals surface area contributed by atoms with Gasteiger partial charge < -0.3 is 0 Å². The first-order valence-corrected chi connectivity index (χ1v) is 9.65. The van der Waals surface area contributed by atoms with Gasteiger partial charge in [-0.2, -0.15) is 0 Å². The average Bonchev–Trinajstić information content (AvgIpc) is 3.18. The lowest BCUT2D eigenvalue weighted by Crippen LogP contribution is -2.50. The third kappa shape index (κ3) is 2.54. The van der Waals surface area contributed by atoms with E-state index in [4.69, 9.17) is 16.4 Å². The predicted octanol–water partition coefficient (Wildman–Crippen LogP) is 4.26. The number of aromatic nitrogens is 1. The van der Waals surface area contributed by atoms with Crippen molar-refractivity contribution in [3.05, 3.63) is 22.7 Å². The van der Waals surface area contributed by atoms with Crippen LogP contribution in [-0.2, 0) is 4.84 Å². The standard InChI is InChI=1S/C16H17ClF2N4OS/c17-12-10(18)5-11-14(13(12)19)25-15(20-11)21-23-7-16(24-22-23)6-8-1-3-9(16)4-2-8/h5,8-9,22H,1-4,6-7H2,(H,20,21). The van der Waals surface area contributed by atoms with Crippen LogP contribution in [0, 0.1) is 23.5 Å². The van der Waals surface area contributed by atoms with Gasteiger partial charge in [0.05, 0.1) is 16.8 Å². The molecule has 2 heterocycles. The van der Waals surface area contributed by atoms with E-state index in [0.717, 1.165) is 29.7 Å². The minimum absolute atomic E-state index is 0.161. The Morgan fingerprint density at radius 2 is 2.16 bits per heavy atom. The van der Waals surface area contributed by atoms with E-state index in [1.54, 1.807) is 5.12 Å². The van der Waals surface area contributed by atoms with Crippen molar-refractivity contribution in [1.82, 2.24) is 15.7 Å². The van der Waals surface area contributed by atoms with Gasteiger partial charge in [-0.3, -0.25) is 10.3 Å². The second-order valence-electron chi connectivity index (χ2n) is 7.23. The lowest BCUT2D eigenvalue weighted by atomic mass is 9.62. The number of thiazole rings is 1. The summed E-state index contributed by atoms with van der Waals surface area (Å²) in [7, 11) is 0. The summed E-state index contributed by atoms with van der Waals surface area (Å²) in [5, 5.41) is 1.71. The summed E-state index contributed by atoms with van der Waals surface area (Å²) in [5.74, 6) is -0.261. The second kappa shape index (κ2) is 5.72. The highest BCUT2D eigenvalue weighted by atomic mass is 35.5. The molecule has 3 aliphatic carbocycles. The van der Waals surface area contributed by atoms with Crippen molar-refractivity contribution in [2.45, 2.75) is 37.7 Å². The molecule has 5 nitrogen and oxygen atoms in total. The molecule has 1 aromatic heterocycles. The summed E-state index contributed by atoms with van der Waals surface area (Å²) in [4.78, 5) is 10.2. The molecule has 1 spiro atoms. The summed E-state index contributed by atoms with van der Waals surface area (Å²) < 4.78 is 27.9. The maximum Gasteiger partial charge on any atom is 0.199 e. The molecule has 1 aromatic carbocycles. The van der Waals surface area contributed by atoms with E-state index in [1.165, 1.54) is 25.7 Å². The quantitative estimate of drug-likeness (QED) is 0.755. The topological polar surface area (TPSA) is 49.4 Å². The fraction of sp³-hybridized carbons (Fsp3) is 0.562. The Hall–Kier alpha value is -1.06. The second-order valence-corrected chi connectivity index (χ2v) is 8.61. The first-order valence-electron chi connectivity index (χ1n) is 8.46. The molecule has 3 saturated carbocycles. The summed E-state index contributed by atoms with van der Waals surface area (Å²) in [6, 6.07) is 1.15. The minimum Gasteiger partial charge on any atom is -0.279 e. The molecule has 2 aromatic rings. The van der Waals surface area contributed by atoms with E-state index in [0.29, 0.717) is 17.6 Å². The van der Waals surface area contributed by atoms with Gasteiger partial charge in [0.15, 0.2) is 10.9 Å². The van der Waals surface area contributed by atoms with E-state index in [-0.39, 0.29) is 15.8 Å². The smallest absolute Gasteiger partial charge is 0.199 e. The van der Waals surface area contributed by atoms with Crippen LogP contribution in [0.15, 0.2) is 6.07 Å². The SMILES string of the molecule is Fc1cc2nc(NN3CC4(CC5CCC4CC5)ON3)sc2c(F)c1Cl. The number of halogens is 3. The van der Waals surface area contributed by atoms with Gasteiger partial charge in [-0.15, -0.1) is 10.7 Å². The molecule has 4 fully saturated rings.